The zero-order chi connectivity index (χ0) is 13.5. The van der Waals surface area contributed by atoms with E-state index >= 15 is 0 Å². The summed E-state index contributed by atoms with van der Waals surface area (Å²) in [6, 6.07) is 0. The van der Waals surface area contributed by atoms with Crippen LogP contribution in [0.4, 0.5) is 0 Å². The third-order valence-corrected chi connectivity index (χ3v) is 3.10. The van der Waals surface area contributed by atoms with E-state index < -0.39 is 0 Å². The Kier molecular flexibility index (Phi) is 5.09. The van der Waals surface area contributed by atoms with Gasteiger partial charge >= 0.3 is 5.69 Å². The molecule has 0 unspecified atom stereocenters. The van der Waals surface area contributed by atoms with Crippen molar-refractivity contribution in [3.05, 3.63) is 29.1 Å². The summed E-state index contributed by atoms with van der Waals surface area (Å²) in [5.41, 5.74) is 0.487. The second kappa shape index (κ2) is 7.04. The highest BCUT2D eigenvalue weighted by atomic mass is 16.2. The molecular formula is C13H21N5O. The lowest BCUT2D eigenvalue weighted by Gasteiger charge is -2.03. The number of rotatable bonds is 8. The van der Waals surface area contributed by atoms with E-state index in [2.05, 4.69) is 22.3 Å². The first-order valence-corrected chi connectivity index (χ1v) is 6.93. The molecule has 2 aromatic heterocycles. The molecule has 0 atom stereocenters. The van der Waals surface area contributed by atoms with E-state index in [0.717, 1.165) is 13.1 Å². The fourth-order valence-electron chi connectivity index (χ4n) is 2.01. The average molecular weight is 263 g/mol. The summed E-state index contributed by atoms with van der Waals surface area (Å²) >= 11 is 0. The molecule has 0 bridgehead atoms. The molecule has 0 aliphatic rings. The van der Waals surface area contributed by atoms with Crippen molar-refractivity contribution in [3.63, 3.8) is 0 Å². The van der Waals surface area contributed by atoms with Gasteiger partial charge in [0.15, 0.2) is 5.65 Å². The minimum Gasteiger partial charge on any atom is -0.315 e. The van der Waals surface area contributed by atoms with Gasteiger partial charge < -0.3 is 5.32 Å². The van der Waals surface area contributed by atoms with Gasteiger partial charge in [-0.05, 0) is 13.0 Å². The van der Waals surface area contributed by atoms with Gasteiger partial charge in [-0.15, -0.1) is 5.10 Å². The topological polar surface area (TPSA) is 64.2 Å². The molecule has 104 valence electrons. The van der Waals surface area contributed by atoms with E-state index in [-0.39, 0.29) is 5.69 Å². The highest BCUT2D eigenvalue weighted by Crippen LogP contribution is 1.96. The Morgan fingerprint density at radius 2 is 2.16 bits per heavy atom. The monoisotopic (exact) mass is 263 g/mol. The largest absolute Gasteiger partial charge is 0.350 e. The maximum absolute atomic E-state index is 11.9. The van der Waals surface area contributed by atoms with Crippen molar-refractivity contribution in [1.82, 2.24) is 24.5 Å². The Labute approximate surface area is 112 Å². The first-order valence-electron chi connectivity index (χ1n) is 6.93. The number of hydrogen-bond donors (Lipinski definition) is 1. The summed E-state index contributed by atoms with van der Waals surface area (Å²) in [6.45, 7) is 4.57. The highest BCUT2D eigenvalue weighted by molar-refractivity contribution is 5.31. The molecule has 2 rings (SSSR count). The van der Waals surface area contributed by atoms with Crippen LogP contribution in [0.3, 0.4) is 0 Å². The van der Waals surface area contributed by atoms with E-state index in [1.807, 2.05) is 0 Å². The molecule has 0 fully saturated rings. The van der Waals surface area contributed by atoms with Gasteiger partial charge in [-0.1, -0.05) is 26.2 Å². The fourth-order valence-corrected chi connectivity index (χ4v) is 2.01. The van der Waals surface area contributed by atoms with Crippen molar-refractivity contribution in [2.24, 2.45) is 0 Å². The average Bonchev–Trinajstić information content (AvgIpc) is 2.75. The van der Waals surface area contributed by atoms with Crippen molar-refractivity contribution < 1.29 is 0 Å². The number of aromatic nitrogens is 4. The van der Waals surface area contributed by atoms with Crippen LogP contribution in [0.2, 0.25) is 0 Å². The molecule has 0 spiro atoms. The quantitative estimate of drug-likeness (QED) is 0.723. The Bertz CT molecular complexity index is 559. The van der Waals surface area contributed by atoms with Crippen LogP contribution in [0.15, 0.2) is 23.4 Å². The maximum atomic E-state index is 11.9. The third kappa shape index (κ3) is 3.64. The molecule has 6 heteroatoms. The highest BCUT2D eigenvalue weighted by Gasteiger charge is 2.04. The van der Waals surface area contributed by atoms with Crippen LogP contribution in [0.5, 0.6) is 0 Å². The standard InChI is InChI=1S/C13H21N5O/c1-2-3-4-5-6-14-8-10-18-13(19)17-9-7-15-11-12(17)16-18/h7,9,11,14H,2-6,8,10H2,1H3. The first-order chi connectivity index (χ1) is 9.33. The fraction of sp³-hybridized carbons (Fsp3) is 0.615. The second-order valence-corrected chi connectivity index (χ2v) is 4.62. The van der Waals surface area contributed by atoms with E-state index in [4.69, 9.17) is 0 Å². The van der Waals surface area contributed by atoms with Crippen LogP contribution in [0.1, 0.15) is 32.6 Å². The minimum atomic E-state index is -0.106. The van der Waals surface area contributed by atoms with E-state index in [1.165, 1.54) is 34.8 Å². The molecule has 19 heavy (non-hydrogen) atoms. The number of nitrogens with zero attached hydrogens (tertiary/aromatic N) is 4. The number of fused-ring (bicyclic) bond motifs is 1. The van der Waals surface area contributed by atoms with Gasteiger partial charge in [0.1, 0.15) is 0 Å². The lowest BCUT2D eigenvalue weighted by atomic mass is 10.2. The molecule has 0 radical (unpaired) electrons. The van der Waals surface area contributed by atoms with Crippen LogP contribution < -0.4 is 11.0 Å². The van der Waals surface area contributed by atoms with Crippen LogP contribution >= 0.6 is 0 Å². The van der Waals surface area contributed by atoms with Crippen LogP contribution in [0.25, 0.3) is 5.65 Å². The molecule has 2 aromatic rings. The SMILES string of the molecule is CCCCCCNCCn1nc2cnccn2c1=O. The second-order valence-electron chi connectivity index (χ2n) is 4.62. The Balaban J connectivity index is 1.79. The van der Waals surface area contributed by atoms with Gasteiger partial charge in [0, 0.05) is 18.9 Å². The van der Waals surface area contributed by atoms with Gasteiger partial charge in [0.05, 0.1) is 12.7 Å². The van der Waals surface area contributed by atoms with Gasteiger partial charge in [0.25, 0.3) is 0 Å². The maximum Gasteiger partial charge on any atom is 0.350 e. The molecular weight excluding hydrogens is 242 g/mol. The number of unbranched alkanes of at least 4 members (excludes halogenated alkanes) is 3. The van der Waals surface area contributed by atoms with Gasteiger partial charge in [-0.3, -0.25) is 4.98 Å². The zero-order valence-corrected chi connectivity index (χ0v) is 11.4. The van der Waals surface area contributed by atoms with E-state index in [0.29, 0.717) is 12.2 Å². The smallest absolute Gasteiger partial charge is 0.315 e. The molecule has 0 amide bonds. The van der Waals surface area contributed by atoms with Gasteiger partial charge in [0.2, 0.25) is 0 Å². The van der Waals surface area contributed by atoms with Crippen LogP contribution in [-0.4, -0.2) is 32.3 Å². The van der Waals surface area contributed by atoms with Crippen molar-refractivity contribution in [2.45, 2.75) is 39.2 Å². The summed E-state index contributed by atoms with van der Waals surface area (Å²) in [6.07, 6.45) is 9.83. The lowest BCUT2D eigenvalue weighted by Crippen LogP contribution is -2.28. The summed E-state index contributed by atoms with van der Waals surface area (Å²) in [5, 5.41) is 7.56. The van der Waals surface area contributed by atoms with Gasteiger partial charge in [-0.25, -0.2) is 13.9 Å². The van der Waals surface area contributed by atoms with Crippen molar-refractivity contribution >= 4 is 5.65 Å². The summed E-state index contributed by atoms with van der Waals surface area (Å²) < 4.78 is 2.99. The number of hydrogen-bond acceptors (Lipinski definition) is 4. The molecule has 0 aliphatic carbocycles. The van der Waals surface area contributed by atoms with Crippen molar-refractivity contribution in [1.29, 1.82) is 0 Å². The molecule has 0 aromatic carbocycles. The van der Waals surface area contributed by atoms with E-state index in [9.17, 15) is 4.79 Å². The predicted octanol–water partition coefficient (Wildman–Crippen LogP) is 1.06. The Morgan fingerprint density at radius 3 is 2.95 bits per heavy atom. The normalized spacial score (nSPS) is 11.2. The van der Waals surface area contributed by atoms with Gasteiger partial charge in [-0.2, -0.15) is 0 Å². The zero-order valence-electron chi connectivity index (χ0n) is 11.4. The minimum absolute atomic E-state index is 0.106. The first kappa shape index (κ1) is 13.7. The van der Waals surface area contributed by atoms with E-state index in [1.54, 1.807) is 18.6 Å². The molecule has 0 aliphatic heterocycles. The summed E-state index contributed by atoms with van der Waals surface area (Å²) in [4.78, 5) is 15.9. The molecule has 6 nitrogen and oxygen atoms in total. The Morgan fingerprint density at radius 1 is 1.26 bits per heavy atom. The third-order valence-electron chi connectivity index (χ3n) is 3.10. The molecule has 2 heterocycles. The van der Waals surface area contributed by atoms with Crippen molar-refractivity contribution in [3.8, 4) is 0 Å². The molecule has 0 saturated carbocycles. The van der Waals surface area contributed by atoms with Crippen LogP contribution in [-0.2, 0) is 6.54 Å². The molecule has 0 saturated heterocycles. The number of nitrogens with one attached hydrogen (secondary N) is 1. The predicted molar refractivity (Wildman–Crippen MR) is 74.3 cm³/mol. The Hall–Kier alpha value is -1.69. The molecule has 1 N–H and O–H groups in total. The lowest BCUT2D eigenvalue weighted by molar-refractivity contribution is 0.525. The van der Waals surface area contributed by atoms with Crippen LogP contribution in [0, 0.1) is 0 Å². The van der Waals surface area contributed by atoms with Crippen molar-refractivity contribution in [2.75, 3.05) is 13.1 Å². The summed E-state index contributed by atoms with van der Waals surface area (Å²) in [5.74, 6) is 0. The summed E-state index contributed by atoms with van der Waals surface area (Å²) in [7, 11) is 0.